The highest BCUT2D eigenvalue weighted by Gasteiger charge is 2.56. The third-order valence-corrected chi connectivity index (χ3v) is 4.42. The summed E-state index contributed by atoms with van der Waals surface area (Å²) < 4.78 is 0. The van der Waals surface area contributed by atoms with E-state index in [0.717, 1.165) is 11.3 Å². The number of carbonyl (C=O) groups is 1. The second kappa shape index (κ2) is 4.39. The van der Waals surface area contributed by atoms with Crippen molar-refractivity contribution in [1.82, 2.24) is 0 Å². The molecule has 0 aliphatic heterocycles. The van der Waals surface area contributed by atoms with E-state index in [4.69, 9.17) is 5.73 Å². The molecule has 96 valence electrons. The third-order valence-electron chi connectivity index (χ3n) is 4.42. The van der Waals surface area contributed by atoms with Crippen molar-refractivity contribution in [2.75, 3.05) is 5.32 Å². The lowest BCUT2D eigenvalue weighted by atomic mass is 10.1. The number of nitrogens with one attached hydrogen (secondary N) is 1. The fourth-order valence-corrected chi connectivity index (χ4v) is 3.43. The number of anilines is 1. The summed E-state index contributed by atoms with van der Waals surface area (Å²) >= 11 is 0. The highest BCUT2D eigenvalue weighted by Crippen LogP contribution is 2.57. The van der Waals surface area contributed by atoms with Crippen molar-refractivity contribution < 1.29 is 4.79 Å². The van der Waals surface area contributed by atoms with Gasteiger partial charge in [0.2, 0.25) is 5.91 Å². The summed E-state index contributed by atoms with van der Waals surface area (Å²) in [5.41, 5.74) is 7.81. The topological polar surface area (TPSA) is 55.1 Å². The van der Waals surface area contributed by atoms with Crippen LogP contribution in [0.3, 0.4) is 0 Å². The van der Waals surface area contributed by atoms with Gasteiger partial charge in [-0.3, -0.25) is 4.79 Å². The van der Waals surface area contributed by atoms with Gasteiger partial charge in [-0.25, -0.2) is 0 Å². The van der Waals surface area contributed by atoms with Crippen molar-refractivity contribution in [3.05, 3.63) is 29.8 Å². The Balaban J connectivity index is 1.71. The summed E-state index contributed by atoms with van der Waals surface area (Å²) in [6, 6.07) is 7.76. The lowest BCUT2D eigenvalue weighted by Crippen LogP contribution is -2.19. The molecule has 0 heterocycles. The van der Waals surface area contributed by atoms with Gasteiger partial charge in [-0.05, 0) is 43.2 Å². The van der Waals surface area contributed by atoms with E-state index in [1.54, 1.807) is 0 Å². The first-order chi connectivity index (χ1) is 8.68. The van der Waals surface area contributed by atoms with Gasteiger partial charge >= 0.3 is 0 Å². The predicted octanol–water partition coefficient (Wildman–Crippen LogP) is 2.69. The van der Waals surface area contributed by atoms with E-state index in [-0.39, 0.29) is 17.9 Å². The molecule has 3 rings (SSSR count). The number of fused-ring (bicyclic) bond motifs is 1. The summed E-state index contributed by atoms with van der Waals surface area (Å²) in [6.45, 7) is 1.94. The Morgan fingerprint density at radius 2 is 2.00 bits per heavy atom. The molecule has 2 fully saturated rings. The number of hydrogen-bond donors (Lipinski definition) is 2. The van der Waals surface area contributed by atoms with Crippen molar-refractivity contribution in [3.63, 3.8) is 0 Å². The van der Waals surface area contributed by atoms with E-state index in [2.05, 4.69) is 5.32 Å². The summed E-state index contributed by atoms with van der Waals surface area (Å²) in [4.78, 5) is 12.2. The Morgan fingerprint density at radius 3 is 2.67 bits per heavy atom. The molecule has 3 unspecified atom stereocenters. The van der Waals surface area contributed by atoms with Crippen LogP contribution in [0, 0.1) is 17.8 Å². The standard InChI is InChI=1S/C15H20N2O/c1-9(16)10-5-2-3-8-13(10)17-15(18)14-11-6-4-7-12(11)14/h2-3,5,8-9,11-12,14H,4,6-7,16H2,1H3,(H,17,18). The molecule has 0 aromatic heterocycles. The van der Waals surface area contributed by atoms with Crippen molar-refractivity contribution in [2.45, 2.75) is 32.2 Å². The maximum atomic E-state index is 12.2. The average molecular weight is 244 g/mol. The van der Waals surface area contributed by atoms with Crippen molar-refractivity contribution in [3.8, 4) is 0 Å². The molecule has 18 heavy (non-hydrogen) atoms. The number of carbonyl (C=O) groups excluding carboxylic acids is 1. The fourth-order valence-electron chi connectivity index (χ4n) is 3.43. The van der Waals surface area contributed by atoms with E-state index in [1.165, 1.54) is 19.3 Å². The summed E-state index contributed by atoms with van der Waals surface area (Å²) in [5, 5.41) is 3.06. The summed E-state index contributed by atoms with van der Waals surface area (Å²) in [6.07, 6.45) is 3.77. The minimum absolute atomic E-state index is 0.0554. The van der Waals surface area contributed by atoms with Gasteiger partial charge in [0.15, 0.2) is 0 Å². The Hall–Kier alpha value is -1.35. The van der Waals surface area contributed by atoms with Gasteiger partial charge in [-0.15, -0.1) is 0 Å². The number of hydrogen-bond acceptors (Lipinski definition) is 2. The van der Waals surface area contributed by atoms with E-state index in [0.29, 0.717) is 11.8 Å². The molecule has 0 saturated heterocycles. The highest BCUT2D eigenvalue weighted by molar-refractivity contribution is 5.95. The number of para-hydroxylation sites is 1. The number of nitrogens with two attached hydrogens (primary N) is 1. The third kappa shape index (κ3) is 1.93. The van der Waals surface area contributed by atoms with Crippen LogP contribution in [0.4, 0.5) is 5.69 Å². The molecule has 0 spiro atoms. The van der Waals surface area contributed by atoms with Gasteiger partial charge in [-0.2, -0.15) is 0 Å². The largest absolute Gasteiger partial charge is 0.326 e. The van der Waals surface area contributed by atoms with E-state index < -0.39 is 0 Å². The maximum Gasteiger partial charge on any atom is 0.228 e. The van der Waals surface area contributed by atoms with Crippen LogP contribution in [0.25, 0.3) is 0 Å². The molecule has 2 saturated carbocycles. The monoisotopic (exact) mass is 244 g/mol. The predicted molar refractivity (Wildman–Crippen MR) is 72.0 cm³/mol. The molecule has 2 aliphatic rings. The first-order valence-corrected chi connectivity index (χ1v) is 6.84. The van der Waals surface area contributed by atoms with Crippen LogP contribution in [-0.4, -0.2) is 5.91 Å². The first kappa shape index (κ1) is 11.7. The van der Waals surface area contributed by atoms with Crippen LogP contribution < -0.4 is 11.1 Å². The zero-order valence-corrected chi connectivity index (χ0v) is 10.7. The lowest BCUT2D eigenvalue weighted by molar-refractivity contribution is -0.118. The Labute approximate surface area is 108 Å². The molecule has 3 heteroatoms. The van der Waals surface area contributed by atoms with Gasteiger partial charge in [-0.1, -0.05) is 24.6 Å². The minimum Gasteiger partial charge on any atom is -0.326 e. The summed E-state index contributed by atoms with van der Waals surface area (Å²) in [5.74, 6) is 1.78. The average Bonchev–Trinajstić information content (AvgIpc) is 2.84. The molecular weight excluding hydrogens is 224 g/mol. The normalized spacial score (nSPS) is 30.7. The zero-order chi connectivity index (χ0) is 12.7. The van der Waals surface area contributed by atoms with Crippen LogP contribution in [0.1, 0.15) is 37.8 Å². The van der Waals surface area contributed by atoms with Gasteiger partial charge in [0.1, 0.15) is 0 Å². The zero-order valence-electron chi connectivity index (χ0n) is 10.7. The molecule has 0 bridgehead atoms. The number of rotatable bonds is 3. The molecule has 1 aromatic rings. The molecule has 3 N–H and O–H groups in total. The van der Waals surface area contributed by atoms with Crippen molar-refractivity contribution >= 4 is 11.6 Å². The van der Waals surface area contributed by atoms with Gasteiger partial charge in [0, 0.05) is 17.6 Å². The molecule has 1 aromatic carbocycles. The van der Waals surface area contributed by atoms with Crippen LogP contribution >= 0.6 is 0 Å². The Bertz CT molecular complexity index is 459. The minimum atomic E-state index is -0.0554. The smallest absolute Gasteiger partial charge is 0.228 e. The molecular formula is C15H20N2O. The molecule has 1 amide bonds. The van der Waals surface area contributed by atoms with E-state index in [9.17, 15) is 4.79 Å². The SMILES string of the molecule is CC(N)c1ccccc1NC(=O)C1C2CCCC21. The quantitative estimate of drug-likeness (QED) is 0.859. The molecule has 0 radical (unpaired) electrons. The van der Waals surface area contributed by atoms with E-state index in [1.807, 2.05) is 31.2 Å². The van der Waals surface area contributed by atoms with E-state index >= 15 is 0 Å². The van der Waals surface area contributed by atoms with Crippen LogP contribution in [-0.2, 0) is 4.79 Å². The highest BCUT2D eigenvalue weighted by atomic mass is 16.2. The molecule has 3 atom stereocenters. The lowest BCUT2D eigenvalue weighted by Gasteiger charge is -2.14. The van der Waals surface area contributed by atoms with Gasteiger partial charge in [0.05, 0.1) is 0 Å². The molecule has 3 nitrogen and oxygen atoms in total. The molecule has 2 aliphatic carbocycles. The maximum absolute atomic E-state index is 12.2. The second-order valence-electron chi connectivity index (χ2n) is 5.65. The van der Waals surface area contributed by atoms with Crippen LogP contribution in [0.15, 0.2) is 24.3 Å². The second-order valence-corrected chi connectivity index (χ2v) is 5.65. The van der Waals surface area contributed by atoms with Crippen molar-refractivity contribution in [1.29, 1.82) is 0 Å². The Kier molecular flexibility index (Phi) is 2.86. The van der Waals surface area contributed by atoms with Crippen LogP contribution in [0.5, 0.6) is 0 Å². The summed E-state index contributed by atoms with van der Waals surface area (Å²) in [7, 11) is 0. The fraction of sp³-hybridized carbons (Fsp3) is 0.533. The first-order valence-electron chi connectivity index (χ1n) is 6.84. The number of benzene rings is 1. The Morgan fingerprint density at radius 1 is 1.33 bits per heavy atom. The van der Waals surface area contributed by atoms with Crippen LogP contribution in [0.2, 0.25) is 0 Å². The van der Waals surface area contributed by atoms with Crippen molar-refractivity contribution in [2.24, 2.45) is 23.5 Å². The number of amides is 1. The van der Waals surface area contributed by atoms with Gasteiger partial charge in [0.25, 0.3) is 0 Å². The van der Waals surface area contributed by atoms with Gasteiger partial charge < -0.3 is 11.1 Å².